The van der Waals surface area contributed by atoms with Crippen LogP contribution in [0, 0.1) is 20.8 Å². The van der Waals surface area contributed by atoms with Gasteiger partial charge in [0.25, 0.3) is 5.91 Å². The Hall–Kier alpha value is -3.48. The Morgan fingerprint density at radius 2 is 1.84 bits per heavy atom. The van der Waals surface area contributed by atoms with Gasteiger partial charge in [-0.1, -0.05) is 18.2 Å². The van der Waals surface area contributed by atoms with E-state index in [1.54, 1.807) is 6.20 Å². The Balaban J connectivity index is 1.67. The lowest BCUT2D eigenvalue weighted by molar-refractivity contribution is 0.0941. The third-order valence-corrected chi connectivity index (χ3v) is 6.02. The van der Waals surface area contributed by atoms with Crippen LogP contribution in [-0.2, 0) is 20.5 Å². The highest BCUT2D eigenvalue weighted by molar-refractivity contribution is 6.07. The molecule has 4 rings (SSSR count). The maximum atomic E-state index is 13.3. The molecule has 0 aliphatic heterocycles. The summed E-state index contributed by atoms with van der Waals surface area (Å²) in [6.45, 7) is 8.09. The van der Waals surface area contributed by atoms with E-state index in [0.717, 1.165) is 45.7 Å². The number of amides is 1. The molecule has 1 unspecified atom stereocenters. The average Bonchev–Trinajstić information content (AvgIpc) is 3.19. The molecule has 1 aromatic carbocycles. The summed E-state index contributed by atoms with van der Waals surface area (Å²) < 4.78 is 3.70. The highest BCUT2D eigenvalue weighted by Crippen LogP contribution is 2.27. The van der Waals surface area contributed by atoms with Crippen LogP contribution < -0.4 is 5.32 Å². The normalized spacial score (nSPS) is 12.3. The van der Waals surface area contributed by atoms with Crippen molar-refractivity contribution in [3.8, 4) is 11.3 Å². The zero-order valence-corrected chi connectivity index (χ0v) is 18.9. The summed E-state index contributed by atoms with van der Waals surface area (Å²) in [5.41, 5.74) is 7.41. The van der Waals surface area contributed by atoms with Crippen molar-refractivity contribution in [1.29, 1.82) is 0 Å². The van der Waals surface area contributed by atoms with Crippen LogP contribution in [-0.4, -0.2) is 36.5 Å². The summed E-state index contributed by atoms with van der Waals surface area (Å²) in [4.78, 5) is 18.1. The van der Waals surface area contributed by atoms with E-state index < -0.39 is 0 Å². The summed E-state index contributed by atoms with van der Waals surface area (Å²) in [5.74, 6) is -0.104. The van der Waals surface area contributed by atoms with E-state index in [4.69, 9.17) is 4.98 Å². The van der Waals surface area contributed by atoms with Crippen molar-refractivity contribution < 1.29 is 4.79 Å². The van der Waals surface area contributed by atoms with Gasteiger partial charge >= 0.3 is 0 Å². The van der Waals surface area contributed by atoms with Crippen LogP contribution in [0.5, 0.6) is 0 Å². The van der Waals surface area contributed by atoms with Gasteiger partial charge in [0.15, 0.2) is 0 Å². The van der Waals surface area contributed by atoms with Gasteiger partial charge in [-0.2, -0.15) is 10.2 Å². The maximum Gasteiger partial charge on any atom is 0.252 e. The van der Waals surface area contributed by atoms with Crippen LogP contribution in [0.2, 0.25) is 0 Å². The molecule has 7 nitrogen and oxygen atoms in total. The minimum Gasteiger partial charge on any atom is -0.349 e. The number of carbonyl (C=O) groups is 1. The van der Waals surface area contributed by atoms with Crippen molar-refractivity contribution in [3.05, 3.63) is 64.7 Å². The molecule has 0 saturated heterocycles. The monoisotopic (exact) mass is 416 g/mol. The predicted octanol–water partition coefficient (Wildman–Crippen LogP) is 3.66. The smallest absolute Gasteiger partial charge is 0.252 e. The van der Waals surface area contributed by atoms with E-state index in [1.165, 1.54) is 5.56 Å². The molecule has 1 N–H and O–H groups in total. The Morgan fingerprint density at radius 3 is 2.48 bits per heavy atom. The van der Waals surface area contributed by atoms with Gasteiger partial charge in [-0.25, -0.2) is 4.98 Å². The first-order chi connectivity index (χ1) is 14.8. The number of aromatic nitrogens is 5. The van der Waals surface area contributed by atoms with Gasteiger partial charge < -0.3 is 5.32 Å². The Labute approximate surface area is 182 Å². The average molecular weight is 417 g/mol. The Bertz CT molecular complexity index is 1280. The summed E-state index contributed by atoms with van der Waals surface area (Å²) in [7, 11) is 3.84. The number of rotatable bonds is 5. The lowest BCUT2D eigenvalue weighted by atomic mass is 10.0. The molecule has 1 amide bonds. The molecule has 0 spiro atoms. The van der Waals surface area contributed by atoms with Crippen LogP contribution in [0.3, 0.4) is 0 Å². The molecule has 3 heterocycles. The van der Waals surface area contributed by atoms with E-state index in [0.29, 0.717) is 5.56 Å². The summed E-state index contributed by atoms with van der Waals surface area (Å²) in [6.07, 6.45) is 2.53. The lowest BCUT2D eigenvalue weighted by Crippen LogP contribution is -2.34. The fourth-order valence-corrected chi connectivity index (χ4v) is 4.02. The van der Waals surface area contributed by atoms with Crippen LogP contribution in [0.25, 0.3) is 22.2 Å². The summed E-state index contributed by atoms with van der Waals surface area (Å²) >= 11 is 0. The highest BCUT2D eigenvalue weighted by atomic mass is 16.1. The molecule has 0 fully saturated rings. The molecule has 0 aliphatic carbocycles. The molecule has 31 heavy (non-hydrogen) atoms. The van der Waals surface area contributed by atoms with Gasteiger partial charge in [-0.05, 0) is 51.8 Å². The Morgan fingerprint density at radius 1 is 1.10 bits per heavy atom. The largest absolute Gasteiger partial charge is 0.349 e. The molecule has 0 aliphatic rings. The summed E-state index contributed by atoms with van der Waals surface area (Å²) in [5, 5.41) is 12.8. The van der Waals surface area contributed by atoms with Crippen molar-refractivity contribution in [2.75, 3.05) is 0 Å². The molecule has 7 heteroatoms. The van der Waals surface area contributed by atoms with Gasteiger partial charge in [0.05, 0.1) is 28.7 Å². The molecule has 0 radical (unpaired) electrons. The number of nitrogens with zero attached hydrogens (tertiary/aromatic N) is 5. The number of para-hydroxylation sites is 1. The van der Waals surface area contributed by atoms with Crippen molar-refractivity contribution in [2.24, 2.45) is 14.1 Å². The number of pyridine rings is 1. The first-order valence-corrected chi connectivity index (χ1v) is 10.4. The molecule has 4 aromatic rings. The zero-order chi connectivity index (χ0) is 22.3. The number of aryl methyl sites for hydroxylation is 3. The molecular formula is C24H28N6O. The number of benzene rings is 1. The third kappa shape index (κ3) is 3.83. The molecule has 3 aromatic heterocycles. The number of fused-ring (bicyclic) bond motifs is 1. The topological polar surface area (TPSA) is 77.6 Å². The number of hydrogen-bond acceptors (Lipinski definition) is 4. The van der Waals surface area contributed by atoms with Gasteiger partial charge in [0, 0.05) is 42.5 Å². The Kier molecular flexibility index (Phi) is 5.35. The quantitative estimate of drug-likeness (QED) is 0.539. The van der Waals surface area contributed by atoms with Crippen LogP contribution in [0.15, 0.2) is 36.5 Å². The number of nitrogens with one attached hydrogen (secondary N) is 1. The van der Waals surface area contributed by atoms with Crippen molar-refractivity contribution >= 4 is 16.8 Å². The standard InChI is InChI=1S/C24H28N6O/c1-14(11-19-15(2)28-30(6)16(19)3)26-24(31)20-12-23(21-13-25-29(5)17(21)4)27-22-10-8-7-9-18(20)22/h7-10,12-14H,11H2,1-6H3,(H,26,31). The first-order valence-electron chi connectivity index (χ1n) is 10.4. The van der Waals surface area contributed by atoms with Crippen LogP contribution >= 0.6 is 0 Å². The lowest BCUT2D eigenvalue weighted by Gasteiger charge is -2.16. The fourth-order valence-electron chi connectivity index (χ4n) is 4.02. The van der Waals surface area contributed by atoms with Crippen molar-refractivity contribution in [1.82, 2.24) is 29.9 Å². The predicted molar refractivity (Wildman–Crippen MR) is 122 cm³/mol. The van der Waals surface area contributed by atoms with Gasteiger partial charge in [-0.3, -0.25) is 14.2 Å². The van der Waals surface area contributed by atoms with E-state index in [9.17, 15) is 4.79 Å². The molecule has 160 valence electrons. The second-order valence-corrected chi connectivity index (χ2v) is 8.19. The molecule has 0 bridgehead atoms. The van der Waals surface area contributed by atoms with E-state index in [1.807, 2.05) is 74.6 Å². The fraction of sp³-hybridized carbons (Fsp3) is 0.333. The number of carbonyl (C=O) groups excluding carboxylic acids is 1. The van der Waals surface area contributed by atoms with Crippen LogP contribution in [0.4, 0.5) is 0 Å². The second kappa shape index (κ2) is 7.98. The van der Waals surface area contributed by atoms with E-state index >= 15 is 0 Å². The zero-order valence-electron chi connectivity index (χ0n) is 18.9. The van der Waals surface area contributed by atoms with Gasteiger partial charge in [0.1, 0.15) is 0 Å². The van der Waals surface area contributed by atoms with E-state index in [-0.39, 0.29) is 11.9 Å². The van der Waals surface area contributed by atoms with E-state index in [2.05, 4.69) is 22.4 Å². The maximum absolute atomic E-state index is 13.3. The molecule has 1 atom stereocenters. The molecular weight excluding hydrogens is 388 g/mol. The number of hydrogen-bond donors (Lipinski definition) is 1. The van der Waals surface area contributed by atoms with Gasteiger partial charge in [-0.15, -0.1) is 0 Å². The van der Waals surface area contributed by atoms with Crippen LogP contribution in [0.1, 0.15) is 39.9 Å². The SMILES string of the molecule is Cc1nn(C)c(C)c1CC(C)NC(=O)c1cc(-c2cnn(C)c2C)nc2ccccc12. The van der Waals surface area contributed by atoms with Crippen molar-refractivity contribution in [2.45, 2.75) is 40.2 Å². The first kappa shape index (κ1) is 20.8. The second-order valence-electron chi connectivity index (χ2n) is 8.19. The molecule has 0 saturated carbocycles. The summed E-state index contributed by atoms with van der Waals surface area (Å²) in [6, 6.07) is 9.58. The van der Waals surface area contributed by atoms with Gasteiger partial charge in [0.2, 0.25) is 0 Å². The van der Waals surface area contributed by atoms with Crippen molar-refractivity contribution in [3.63, 3.8) is 0 Å². The minimum atomic E-state index is -0.104. The third-order valence-electron chi connectivity index (χ3n) is 6.02. The minimum absolute atomic E-state index is 0.0374. The highest BCUT2D eigenvalue weighted by Gasteiger charge is 2.19.